The number of urea groups is 1. The zero-order valence-electron chi connectivity index (χ0n) is 15.7. The molecule has 0 spiro atoms. The van der Waals surface area contributed by atoms with E-state index in [1.165, 1.54) is 16.7 Å². The number of carbonyl (C=O) groups excluding carboxylic acids is 1. The highest BCUT2D eigenvalue weighted by molar-refractivity contribution is 5.89. The maximum absolute atomic E-state index is 12.6. The van der Waals surface area contributed by atoms with Crippen LogP contribution in [0.15, 0.2) is 48.5 Å². The summed E-state index contributed by atoms with van der Waals surface area (Å²) in [4.78, 5) is 14.5. The number of piperidine rings is 1. The van der Waals surface area contributed by atoms with Gasteiger partial charge in [-0.25, -0.2) is 4.79 Å². The maximum atomic E-state index is 12.6. The summed E-state index contributed by atoms with van der Waals surface area (Å²) in [6, 6.07) is 16.2. The molecule has 0 bridgehead atoms. The molecular weight excluding hydrogens is 324 g/mol. The van der Waals surface area contributed by atoms with Crippen molar-refractivity contribution in [1.82, 2.24) is 4.90 Å². The minimum atomic E-state index is -0.0130. The summed E-state index contributed by atoms with van der Waals surface area (Å²) in [5.41, 5.74) is 4.47. The van der Waals surface area contributed by atoms with Gasteiger partial charge >= 0.3 is 6.03 Å². The van der Waals surface area contributed by atoms with Crippen LogP contribution in [0.5, 0.6) is 0 Å². The molecule has 0 saturated carbocycles. The quantitative estimate of drug-likeness (QED) is 0.842. The second kappa shape index (κ2) is 8.86. The first kappa shape index (κ1) is 18.5. The standard InChI is InChI=1S/C22H28N2O2/c1-17-10-11-21(13-18(17)2)23-22(25)24-12-6-9-20(14-24)16-26-15-19-7-4-3-5-8-19/h3-5,7-8,10-11,13,20H,6,9,12,14-16H2,1-2H3,(H,23,25). The Bertz CT molecular complexity index is 730. The van der Waals surface area contributed by atoms with Gasteiger partial charge in [0.1, 0.15) is 0 Å². The molecule has 2 amide bonds. The molecule has 26 heavy (non-hydrogen) atoms. The summed E-state index contributed by atoms with van der Waals surface area (Å²) in [6.45, 7) is 7.03. The SMILES string of the molecule is Cc1ccc(NC(=O)N2CCCC(COCc3ccccc3)C2)cc1C. The van der Waals surface area contributed by atoms with Gasteiger partial charge in [0.15, 0.2) is 0 Å². The van der Waals surface area contributed by atoms with E-state index in [1.54, 1.807) is 0 Å². The fourth-order valence-corrected chi connectivity index (χ4v) is 3.32. The van der Waals surface area contributed by atoms with Crippen molar-refractivity contribution in [3.8, 4) is 0 Å². The predicted octanol–water partition coefficient (Wildman–Crippen LogP) is 4.76. The zero-order chi connectivity index (χ0) is 18.4. The number of ether oxygens (including phenoxy) is 1. The lowest BCUT2D eigenvalue weighted by atomic mass is 9.99. The van der Waals surface area contributed by atoms with Crippen LogP contribution < -0.4 is 5.32 Å². The molecular formula is C22H28N2O2. The van der Waals surface area contributed by atoms with Gasteiger partial charge < -0.3 is 15.0 Å². The van der Waals surface area contributed by atoms with Gasteiger partial charge in [0.05, 0.1) is 13.2 Å². The molecule has 0 radical (unpaired) electrons. The molecule has 0 aromatic heterocycles. The molecule has 1 saturated heterocycles. The lowest BCUT2D eigenvalue weighted by molar-refractivity contribution is 0.0606. The van der Waals surface area contributed by atoms with Crippen LogP contribution in [0.25, 0.3) is 0 Å². The first-order chi connectivity index (χ1) is 12.6. The summed E-state index contributed by atoms with van der Waals surface area (Å²) in [5, 5.41) is 3.03. The van der Waals surface area contributed by atoms with Crippen molar-refractivity contribution >= 4 is 11.7 Å². The highest BCUT2D eigenvalue weighted by atomic mass is 16.5. The van der Waals surface area contributed by atoms with Gasteiger partial charge in [0.25, 0.3) is 0 Å². The third-order valence-corrected chi connectivity index (χ3v) is 5.03. The molecule has 138 valence electrons. The molecule has 1 N–H and O–H groups in total. The zero-order valence-corrected chi connectivity index (χ0v) is 15.7. The van der Waals surface area contributed by atoms with E-state index in [2.05, 4.69) is 31.3 Å². The van der Waals surface area contributed by atoms with E-state index in [9.17, 15) is 4.79 Å². The normalized spacial score (nSPS) is 17.2. The summed E-state index contributed by atoms with van der Waals surface area (Å²) < 4.78 is 5.88. The Morgan fingerprint density at radius 3 is 2.73 bits per heavy atom. The summed E-state index contributed by atoms with van der Waals surface area (Å²) in [5.74, 6) is 0.401. The van der Waals surface area contributed by atoms with E-state index >= 15 is 0 Å². The number of hydrogen-bond donors (Lipinski definition) is 1. The van der Waals surface area contributed by atoms with Crippen LogP contribution in [0.1, 0.15) is 29.5 Å². The summed E-state index contributed by atoms with van der Waals surface area (Å²) in [6.07, 6.45) is 2.14. The van der Waals surface area contributed by atoms with Crippen LogP contribution in [0, 0.1) is 19.8 Å². The number of carbonyl (C=O) groups is 1. The van der Waals surface area contributed by atoms with E-state index in [4.69, 9.17) is 4.74 Å². The number of likely N-dealkylation sites (tertiary alicyclic amines) is 1. The summed E-state index contributed by atoms with van der Waals surface area (Å²) >= 11 is 0. The van der Waals surface area contributed by atoms with Crippen LogP contribution in [-0.4, -0.2) is 30.6 Å². The molecule has 2 aromatic carbocycles. The van der Waals surface area contributed by atoms with Crippen molar-refractivity contribution in [2.75, 3.05) is 25.0 Å². The van der Waals surface area contributed by atoms with Crippen molar-refractivity contribution in [1.29, 1.82) is 0 Å². The van der Waals surface area contributed by atoms with Crippen molar-refractivity contribution in [2.45, 2.75) is 33.3 Å². The van der Waals surface area contributed by atoms with Gasteiger partial charge in [0, 0.05) is 24.7 Å². The average molecular weight is 352 g/mol. The van der Waals surface area contributed by atoms with E-state index in [0.29, 0.717) is 19.1 Å². The van der Waals surface area contributed by atoms with Gasteiger partial charge in [-0.3, -0.25) is 0 Å². The first-order valence-corrected chi connectivity index (χ1v) is 9.36. The van der Waals surface area contributed by atoms with Crippen molar-refractivity contribution < 1.29 is 9.53 Å². The van der Waals surface area contributed by atoms with E-state index in [1.807, 2.05) is 41.3 Å². The lowest BCUT2D eigenvalue weighted by Crippen LogP contribution is -2.43. The fraction of sp³-hybridized carbons (Fsp3) is 0.409. The van der Waals surface area contributed by atoms with Crippen molar-refractivity contribution in [3.05, 3.63) is 65.2 Å². The number of nitrogens with zero attached hydrogens (tertiary/aromatic N) is 1. The monoisotopic (exact) mass is 352 g/mol. The third kappa shape index (κ3) is 5.09. The molecule has 4 nitrogen and oxygen atoms in total. The van der Waals surface area contributed by atoms with E-state index < -0.39 is 0 Å². The molecule has 1 fully saturated rings. The number of aryl methyl sites for hydroxylation is 2. The number of amides is 2. The molecule has 1 heterocycles. The Hall–Kier alpha value is -2.33. The van der Waals surface area contributed by atoms with Crippen molar-refractivity contribution in [3.63, 3.8) is 0 Å². The molecule has 2 aromatic rings. The van der Waals surface area contributed by atoms with Gasteiger partial charge in [-0.1, -0.05) is 36.4 Å². The second-order valence-electron chi connectivity index (χ2n) is 7.18. The molecule has 1 aliphatic rings. The topological polar surface area (TPSA) is 41.6 Å². The van der Waals surface area contributed by atoms with Crippen LogP contribution in [-0.2, 0) is 11.3 Å². The highest BCUT2D eigenvalue weighted by Crippen LogP contribution is 2.20. The lowest BCUT2D eigenvalue weighted by Gasteiger charge is -2.32. The predicted molar refractivity (Wildman–Crippen MR) is 105 cm³/mol. The average Bonchev–Trinajstić information content (AvgIpc) is 2.66. The second-order valence-corrected chi connectivity index (χ2v) is 7.18. The Morgan fingerprint density at radius 1 is 1.15 bits per heavy atom. The summed E-state index contributed by atoms with van der Waals surface area (Å²) in [7, 11) is 0. The molecule has 3 rings (SSSR count). The van der Waals surface area contributed by atoms with Gasteiger partial charge in [0.2, 0.25) is 0 Å². The molecule has 4 heteroatoms. The Kier molecular flexibility index (Phi) is 6.29. The van der Waals surface area contributed by atoms with Crippen molar-refractivity contribution in [2.24, 2.45) is 5.92 Å². The van der Waals surface area contributed by atoms with Gasteiger partial charge in [-0.15, -0.1) is 0 Å². The van der Waals surface area contributed by atoms with Crippen LogP contribution in [0.3, 0.4) is 0 Å². The molecule has 0 aliphatic carbocycles. The van der Waals surface area contributed by atoms with Crippen LogP contribution in [0.4, 0.5) is 10.5 Å². The molecule has 1 unspecified atom stereocenters. The van der Waals surface area contributed by atoms with Gasteiger partial charge in [-0.2, -0.15) is 0 Å². The van der Waals surface area contributed by atoms with Crippen LogP contribution >= 0.6 is 0 Å². The third-order valence-electron chi connectivity index (χ3n) is 5.03. The number of hydrogen-bond acceptors (Lipinski definition) is 2. The largest absolute Gasteiger partial charge is 0.376 e. The smallest absolute Gasteiger partial charge is 0.321 e. The van der Waals surface area contributed by atoms with Gasteiger partial charge in [-0.05, 0) is 55.5 Å². The number of nitrogens with one attached hydrogen (secondary N) is 1. The molecule has 1 atom stereocenters. The number of anilines is 1. The Morgan fingerprint density at radius 2 is 1.96 bits per heavy atom. The molecule has 1 aliphatic heterocycles. The van der Waals surface area contributed by atoms with Crippen LogP contribution in [0.2, 0.25) is 0 Å². The Balaban J connectivity index is 1.47. The minimum absolute atomic E-state index is 0.0130. The Labute approximate surface area is 156 Å². The fourth-order valence-electron chi connectivity index (χ4n) is 3.32. The first-order valence-electron chi connectivity index (χ1n) is 9.36. The maximum Gasteiger partial charge on any atom is 0.321 e. The number of benzene rings is 2. The highest BCUT2D eigenvalue weighted by Gasteiger charge is 2.24. The van der Waals surface area contributed by atoms with E-state index in [-0.39, 0.29) is 6.03 Å². The number of rotatable bonds is 5. The minimum Gasteiger partial charge on any atom is -0.376 e. The van der Waals surface area contributed by atoms with E-state index in [0.717, 1.165) is 31.6 Å².